The quantitative estimate of drug-likeness (QED) is 0.224. The summed E-state index contributed by atoms with van der Waals surface area (Å²) in [6, 6.07) is 51.9. The molecule has 6 aromatic carbocycles. The third-order valence-electron chi connectivity index (χ3n) is 8.15. The van der Waals surface area contributed by atoms with Crippen molar-refractivity contribution in [2.75, 3.05) is 0 Å². The molecule has 0 aliphatic carbocycles. The molecule has 0 bridgehead atoms. The van der Waals surface area contributed by atoms with Crippen LogP contribution in [-0.2, 0) is 0 Å². The van der Waals surface area contributed by atoms with E-state index in [0.29, 0.717) is 0 Å². The van der Waals surface area contributed by atoms with Gasteiger partial charge in [0, 0.05) is 28.7 Å². The summed E-state index contributed by atoms with van der Waals surface area (Å²) in [4.78, 5) is 9.59. The van der Waals surface area contributed by atoms with E-state index < -0.39 is 0 Å². The molecular formula is C40H26N2. The van der Waals surface area contributed by atoms with Crippen molar-refractivity contribution in [1.82, 2.24) is 9.97 Å². The number of pyridine rings is 2. The lowest BCUT2D eigenvalue weighted by molar-refractivity contribution is 1.36. The maximum absolute atomic E-state index is 5.22. The Bertz CT molecular complexity index is 2230. The van der Waals surface area contributed by atoms with Crippen LogP contribution in [0.1, 0.15) is 0 Å². The van der Waals surface area contributed by atoms with Gasteiger partial charge in [-0.05, 0) is 73.8 Å². The van der Waals surface area contributed by atoms with Gasteiger partial charge in [0.1, 0.15) is 0 Å². The standard InChI is InChI=1S/C40H26N2/c1-2-7-27(8-3-1)33-19-20-36-37(25-39(42-40(36)24-33)34-18-13-28-9-4-5-10-32(28)23-34)31-16-14-30(15-17-31)35-12-6-11-29-21-22-41-26-38(29)35/h1-26H. The summed E-state index contributed by atoms with van der Waals surface area (Å²) in [6.45, 7) is 0. The van der Waals surface area contributed by atoms with Gasteiger partial charge in [0.25, 0.3) is 0 Å². The third kappa shape index (κ3) is 4.31. The maximum Gasteiger partial charge on any atom is 0.0721 e. The van der Waals surface area contributed by atoms with Crippen LogP contribution in [0.5, 0.6) is 0 Å². The molecule has 0 unspecified atom stereocenters. The van der Waals surface area contributed by atoms with E-state index in [2.05, 4.69) is 151 Å². The molecule has 0 saturated heterocycles. The van der Waals surface area contributed by atoms with E-state index in [-0.39, 0.29) is 0 Å². The van der Waals surface area contributed by atoms with Crippen molar-refractivity contribution in [3.8, 4) is 44.6 Å². The molecule has 196 valence electrons. The molecule has 8 aromatic rings. The molecule has 0 radical (unpaired) electrons. The molecule has 0 aliphatic heterocycles. The van der Waals surface area contributed by atoms with Gasteiger partial charge in [-0.1, -0.05) is 121 Å². The Morgan fingerprint density at radius 2 is 1.10 bits per heavy atom. The minimum Gasteiger partial charge on any atom is -0.264 e. The second-order valence-corrected chi connectivity index (χ2v) is 10.7. The van der Waals surface area contributed by atoms with E-state index in [1.54, 1.807) is 0 Å². The van der Waals surface area contributed by atoms with Gasteiger partial charge >= 0.3 is 0 Å². The van der Waals surface area contributed by atoms with Gasteiger partial charge in [-0.15, -0.1) is 0 Å². The van der Waals surface area contributed by atoms with Crippen LogP contribution in [0.3, 0.4) is 0 Å². The molecule has 0 spiro atoms. The van der Waals surface area contributed by atoms with Gasteiger partial charge in [0.2, 0.25) is 0 Å². The van der Waals surface area contributed by atoms with E-state index in [0.717, 1.165) is 33.1 Å². The molecule has 0 N–H and O–H groups in total. The summed E-state index contributed by atoms with van der Waals surface area (Å²) in [7, 11) is 0. The van der Waals surface area contributed by atoms with E-state index in [1.807, 2.05) is 12.4 Å². The fraction of sp³-hybridized carbons (Fsp3) is 0. The van der Waals surface area contributed by atoms with Crippen LogP contribution in [0.15, 0.2) is 158 Å². The highest BCUT2D eigenvalue weighted by atomic mass is 14.7. The zero-order chi connectivity index (χ0) is 27.9. The molecule has 2 heterocycles. The second-order valence-electron chi connectivity index (χ2n) is 10.7. The van der Waals surface area contributed by atoms with Crippen molar-refractivity contribution < 1.29 is 0 Å². The van der Waals surface area contributed by atoms with Gasteiger partial charge in [-0.3, -0.25) is 4.98 Å². The zero-order valence-electron chi connectivity index (χ0n) is 22.9. The summed E-state index contributed by atoms with van der Waals surface area (Å²) in [5.41, 5.74) is 10.1. The average Bonchev–Trinajstić information content (AvgIpc) is 3.07. The van der Waals surface area contributed by atoms with Crippen LogP contribution >= 0.6 is 0 Å². The normalized spacial score (nSPS) is 11.3. The predicted octanol–water partition coefficient (Wildman–Crippen LogP) is 10.6. The Labute approximate surface area is 244 Å². The van der Waals surface area contributed by atoms with Crippen LogP contribution in [0, 0.1) is 0 Å². The fourth-order valence-corrected chi connectivity index (χ4v) is 5.97. The molecule has 0 aliphatic rings. The van der Waals surface area contributed by atoms with Gasteiger partial charge in [0.05, 0.1) is 11.2 Å². The van der Waals surface area contributed by atoms with Gasteiger partial charge in [0.15, 0.2) is 0 Å². The first kappa shape index (κ1) is 24.2. The molecule has 0 fully saturated rings. The van der Waals surface area contributed by atoms with Crippen molar-refractivity contribution in [3.63, 3.8) is 0 Å². The van der Waals surface area contributed by atoms with Gasteiger partial charge < -0.3 is 0 Å². The Morgan fingerprint density at radius 1 is 0.381 bits per heavy atom. The lowest BCUT2D eigenvalue weighted by Gasteiger charge is -2.13. The lowest BCUT2D eigenvalue weighted by Crippen LogP contribution is -1.91. The summed E-state index contributed by atoms with van der Waals surface area (Å²) in [5, 5.41) is 5.94. The van der Waals surface area contributed by atoms with Crippen molar-refractivity contribution in [1.29, 1.82) is 0 Å². The molecule has 2 aromatic heterocycles. The monoisotopic (exact) mass is 534 g/mol. The van der Waals surface area contributed by atoms with Crippen LogP contribution < -0.4 is 0 Å². The van der Waals surface area contributed by atoms with E-state index >= 15 is 0 Å². The molecule has 2 nitrogen and oxygen atoms in total. The number of hydrogen-bond acceptors (Lipinski definition) is 2. The minimum absolute atomic E-state index is 0.970. The van der Waals surface area contributed by atoms with Crippen LogP contribution in [0.4, 0.5) is 0 Å². The lowest BCUT2D eigenvalue weighted by atomic mass is 9.93. The second kappa shape index (κ2) is 10.1. The van der Waals surface area contributed by atoms with Gasteiger partial charge in [-0.25, -0.2) is 4.98 Å². The topological polar surface area (TPSA) is 25.8 Å². The summed E-state index contributed by atoms with van der Waals surface area (Å²) < 4.78 is 0. The number of nitrogens with zero attached hydrogens (tertiary/aromatic N) is 2. The summed E-state index contributed by atoms with van der Waals surface area (Å²) in [6.07, 6.45) is 3.80. The Morgan fingerprint density at radius 3 is 1.95 bits per heavy atom. The fourth-order valence-electron chi connectivity index (χ4n) is 5.97. The van der Waals surface area contributed by atoms with E-state index in [1.165, 1.54) is 44.0 Å². The van der Waals surface area contributed by atoms with Crippen molar-refractivity contribution in [2.24, 2.45) is 0 Å². The van der Waals surface area contributed by atoms with Gasteiger partial charge in [-0.2, -0.15) is 0 Å². The van der Waals surface area contributed by atoms with E-state index in [4.69, 9.17) is 4.98 Å². The van der Waals surface area contributed by atoms with Crippen LogP contribution in [0.25, 0.3) is 77.1 Å². The Kier molecular flexibility index (Phi) is 5.82. The highest BCUT2D eigenvalue weighted by Gasteiger charge is 2.13. The number of fused-ring (bicyclic) bond motifs is 3. The first-order valence-corrected chi connectivity index (χ1v) is 14.2. The van der Waals surface area contributed by atoms with Crippen molar-refractivity contribution in [3.05, 3.63) is 158 Å². The largest absolute Gasteiger partial charge is 0.264 e. The average molecular weight is 535 g/mol. The molecular weight excluding hydrogens is 508 g/mol. The molecule has 8 rings (SSSR count). The molecule has 2 heteroatoms. The molecule has 0 amide bonds. The Hall–Kier alpha value is -5.60. The van der Waals surface area contributed by atoms with Crippen molar-refractivity contribution in [2.45, 2.75) is 0 Å². The minimum atomic E-state index is 0.970. The van der Waals surface area contributed by atoms with Crippen LogP contribution in [-0.4, -0.2) is 9.97 Å². The zero-order valence-corrected chi connectivity index (χ0v) is 22.9. The number of aromatic nitrogens is 2. The van der Waals surface area contributed by atoms with Crippen molar-refractivity contribution >= 4 is 32.4 Å². The summed E-state index contributed by atoms with van der Waals surface area (Å²) in [5.74, 6) is 0. The molecule has 0 atom stereocenters. The summed E-state index contributed by atoms with van der Waals surface area (Å²) >= 11 is 0. The first-order chi connectivity index (χ1) is 20.8. The van der Waals surface area contributed by atoms with Crippen LogP contribution in [0.2, 0.25) is 0 Å². The molecule has 42 heavy (non-hydrogen) atoms. The highest BCUT2D eigenvalue weighted by molar-refractivity contribution is 6.00. The SMILES string of the molecule is c1ccc(-c2ccc3c(-c4ccc(-c5cccc6ccncc56)cc4)cc(-c4ccc5ccccc5c4)nc3c2)cc1. The van der Waals surface area contributed by atoms with E-state index in [9.17, 15) is 0 Å². The number of hydrogen-bond donors (Lipinski definition) is 0. The third-order valence-corrected chi connectivity index (χ3v) is 8.15. The number of benzene rings is 6. The predicted molar refractivity (Wildman–Crippen MR) is 176 cm³/mol. The highest BCUT2D eigenvalue weighted by Crippen LogP contribution is 2.36. The maximum atomic E-state index is 5.22. The Balaban J connectivity index is 1.30. The first-order valence-electron chi connectivity index (χ1n) is 14.2. The molecule has 0 saturated carbocycles. The number of rotatable bonds is 4. The smallest absolute Gasteiger partial charge is 0.0721 e.